The van der Waals surface area contributed by atoms with Gasteiger partial charge in [0.1, 0.15) is 11.3 Å². The number of pyridine rings is 1. The van der Waals surface area contributed by atoms with Crippen LogP contribution in [0.5, 0.6) is 5.75 Å². The third-order valence-corrected chi connectivity index (χ3v) is 6.05. The van der Waals surface area contributed by atoms with Crippen molar-refractivity contribution in [3.05, 3.63) is 59.9 Å². The lowest BCUT2D eigenvalue weighted by Crippen LogP contribution is -2.53. The van der Waals surface area contributed by atoms with E-state index in [0.717, 1.165) is 49.4 Å². The van der Waals surface area contributed by atoms with E-state index in [9.17, 15) is 4.79 Å². The van der Waals surface area contributed by atoms with Crippen molar-refractivity contribution < 1.29 is 9.53 Å². The summed E-state index contributed by atoms with van der Waals surface area (Å²) in [6.07, 6.45) is 8.30. The van der Waals surface area contributed by atoms with E-state index in [4.69, 9.17) is 10.5 Å². The van der Waals surface area contributed by atoms with Gasteiger partial charge in [-0.15, -0.1) is 0 Å². The maximum absolute atomic E-state index is 12.8. The first-order valence-electron chi connectivity index (χ1n) is 11.0. The number of nitrogens with two attached hydrogens (primary N) is 1. The number of benzene rings is 1. The lowest BCUT2D eigenvalue weighted by Gasteiger charge is -2.34. The molecule has 1 aromatic carbocycles. The second kappa shape index (κ2) is 11.1. The minimum absolute atomic E-state index is 0.342. The van der Waals surface area contributed by atoms with Crippen LogP contribution in [0, 0.1) is 5.92 Å². The molecule has 1 atom stereocenters. The van der Waals surface area contributed by atoms with Crippen LogP contribution < -0.4 is 21.1 Å². The zero-order valence-corrected chi connectivity index (χ0v) is 17.9. The fourth-order valence-corrected chi connectivity index (χ4v) is 4.23. The molecule has 1 unspecified atom stereocenters. The molecule has 1 aliphatic heterocycles. The number of carbonyl (C=O) groups is 1. The number of primary amides is 1. The molecule has 1 aromatic heterocycles. The summed E-state index contributed by atoms with van der Waals surface area (Å²) in [5.74, 6) is 1.14. The standard InChI is InChI=1S/C24H34N4O2/c1-2-30-22-5-3-21(4-6-22)24(23(25)29,13-7-19-8-14-26-15-9-19)28-18-12-20-10-16-27-17-11-20/h3-6,8-9,14-15,20,27-28H,2,7,10-13,16-18H2,1H3,(H2,25,29). The van der Waals surface area contributed by atoms with Crippen molar-refractivity contribution >= 4 is 5.91 Å². The molecule has 2 aromatic rings. The van der Waals surface area contributed by atoms with Crippen molar-refractivity contribution in [2.24, 2.45) is 11.7 Å². The number of aromatic nitrogens is 1. The summed E-state index contributed by atoms with van der Waals surface area (Å²) in [6, 6.07) is 11.7. The first kappa shape index (κ1) is 22.2. The largest absolute Gasteiger partial charge is 0.494 e. The van der Waals surface area contributed by atoms with E-state index in [2.05, 4.69) is 15.6 Å². The Labute approximate surface area is 179 Å². The van der Waals surface area contributed by atoms with E-state index < -0.39 is 5.54 Å². The zero-order chi connectivity index (χ0) is 21.2. The zero-order valence-electron chi connectivity index (χ0n) is 17.9. The normalized spacial score (nSPS) is 16.7. The van der Waals surface area contributed by atoms with Crippen molar-refractivity contribution in [3.8, 4) is 5.75 Å². The summed E-state index contributed by atoms with van der Waals surface area (Å²) < 4.78 is 5.57. The Balaban J connectivity index is 1.79. The molecule has 0 aliphatic carbocycles. The van der Waals surface area contributed by atoms with Gasteiger partial charge in [0.05, 0.1) is 6.61 Å². The molecule has 6 nitrogen and oxygen atoms in total. The molecule has 0 spiro atoms. The first-order valence-corrected chi connectivity index (χ1v) is 11.0. The number of ether oxygens (including phenoxy) is 1. The molecular formula is C24H34N4O2. The monoisotopic (exact) mass is 410 g/mol. The van der Waals surface area contributed by atoms with Crippen LogP contribution in [-0.2, 0) is 16.8 Å². The van der Waals surface area contributed by atoms with Gasteiger partial charge in [-0.2, -0.15) is 0 Å². The molecule has 2 heterocycles. The quantitative estimate of drug-likeness (QED) is 0.530. The Morgan fingerprint density at radius 1 is 1.20 bits per heavy atom. The average Bonchev–Trinajstić information content (AvgIpc) is 2.78. The summed E-state index contributed by atoms with van der Waals surface area (Å²) in [5.41, 5.74) is 7.14. The Morgan fingerprint density at radius 2 is 1.90 bits per heavy atom. The van der Waals surface area contributed by atoms with Gasteiger partial charge in [0.15, 0.2) is 0 Å². The predicted octanol–water partition coefficient (Wildman–Crippen LogP) is 2.77. The van der Waals surface area contributed by atoms with Gasteiger partial charge in [-0.1, -0.05) is 12.1 Å². The molecule has 162 valence electrons. The maximum Gasteiger partial charge on any atom is 0.242 e. The van der Waals surface area contributed by atoms with Crippen LogP contribution in [-0.4, -0.2) is 37.1 Å². The molecule has 1 saturated heterocycles. The van der Waals surface area contributed by atoms with E-state index in [0.29, 0.717) is 18.9 Å². The van der Waals surface area contributed by atoms with E-state index in [-0.39, 0.29) is 5.91 Å². The lowest BCUT2D eigenvalue weighted by atomic mass is 9.82. The second-order valence-electron chi connectivity index (χ2n) is 7.99. The van der Waals surface area contributed by atoms with Crippen molar-refractivity contribution in [2.75, 3.05) is 26.2 Å². The fraction of sp³-hybridized carbons (Fsp3) is 0.500. The number of hydrogen-bond acceptors (Lipinski definition) is 5. The van der Waals surface area contributed by atoms with Crippen LogP contribution in [0.3, 0.4) is 0 Å². The van der Waals surface area contributed by atoms with Crippen LogP contribution in [0.15, 0.2) is 48.8 Å². The topological polar surface area (TPSA) is 89.3 Å². The summed E-state index contributed by atoms with van der Waals surface area (Å²) >= 11 is 0. The summed E-state index contributed by atoms with van der Waals surface area (Å²) in [7, 11) is 0. The van der Waals surface area contributed by atoms with Crippen molar-refractivity contribution in [2.45, 2.75) is 44.6 Å². The number of hydrogen-bond donors (Lipinski definition) is 3. The molecule has 30 heavy (non-hydrogen) atoms. The van der Waals surface area contributed by atoms with Gasteiger partial charge in [-0.05, 0) is 100.0 Å². The van der Waals surface area contributed by atoms with Gasteiger partial charge in [0.2, 0.25) is 5.91 Å². The highest BCUT2D eigenvalue weighted by molar-refractivity contribution is 5.86. The third kappa shape index (κ3) is 5.80. The number of carbonyl (C=O) groups excluding carboxylic acids is 1. The Bertz CT molecular complexity index is 776. The predicted molar refractivity (Wildman–Crippen MR) is 119 cm³/mol. The summed E-state index contributed by atoms with van der Waals surface area (Å²) in [5, 5.41) is 6.97. The van der Waals surface area contributed by atoms with Crippen molar-refractivity contribution in [1.82, 2.24) is 15.6 Å². The van der Waals surface area contributed by atoms with Crippen LogP contribution in [0.4, 0.5) is 0 Å². The molecule has 0 saturated carbocycles. The highest BCUT2D eigenvalue weighted by Crippen LogP contribution is 2.29. The van der Waals surface area contributed by atoms with Crippen molar-refractivity contribution in [1.29, 1.82) is 0 Å². The number of nitrogens with zero attached hydrogens (tertiary/aromatic N) is 1. The molecule has 1 fully saturated rings. The van der Waals surface area contributed by atoms with Crippen LogP contribution in [0.25, 0.3) is 0 Å². The van der Waals surface area contributed by atoms with Gasteiger partial charge in [-0.3, -0.25) is 15.1 Å². The van der Waals surface area contributed by atoms with E-state index in [1.54, 1.807) is 12.4 Å². The highest BCUT2D eigenvalue weighted by atomic mass is 16.5. The Hall–Kier alpha value is -2.44. The van der Waals surface area contributed by atoms with Crippen LogP contribution in [0.1, 0.15) is 43.7 Å². The van der Waals surface area contributed by atoms with Crippen molar-refractivity contribution in [3.63, 3.8) is 0 Å². The first-order chi connectivity index (χ1) is 14.6. The van der Waals surface area contributed by atoms with Gasteiger partial charge in [0.25, 0.3) is 0 Å². The second-order valence-corrected chi connectivity index (χ2v) is 7.99. The minimum atomic E-state index is -0.916. The SMILES string of the molecule is CCOc1ccc(C(CCc2ccncc2)(NCCC2CCNCC2)C(N)=O)cc1. The van der Waals surface area contributed by atoms with Crippen LogP contribution >= 0.6 is 0 Å². The summed E-state index contributed by atoms with van der Waals surface area (Å²) in [4.78, 5) is 16.9. The maximum atomic E-state index is 12.8. The van der Waals surface area contributed by atoms with Crippen LogP contribution in [0.2, 0.25) is 0 Å². The van der Waals surface area contributed by atoms with Gasteiger partial charge in [-0.25, -0.2) is 0 Å². The molecule has 3 rings (SSSR count). The number of rotatable bonds is 11. The molecular weight excluding hydrogens is 376 g/mol. The Morgan fingerprint density at radius 3 is 2.53 bits per heavy atom. The highest BCUT2D eigenvalue weighted by Gasteiger charge is 2.38. The third-order valence-electron chi connectivity index (χ3n) is 6.05. The molecule has 4 N–H and O–H groups in total. The molecule has 1 aliphatic rings. The molecule has 6 heteroatoms. The number of aryl methyl sites for hydroxylation is 1. The summed E-state index contributed by atoms with van der Waals surface area (Å²) in [6.45, 7) is 5.48. The Kier molecular flexibility index (Phi) is 8.22. The van der Waals surface area contributed by atoms with E-state index in [1.165, 1.54) is 12.8 Å². The lowest BCUT2D eigenvalue weighted by molar-refractivity contribution is -0.125. The molecule has 0 bridgehead atoms. The molecule has 1 amide bonds. The number of piperidine rings is 1. The number of amides is 1. The van der Waals surface area contributed by atoms with E-state index >= 15 is 0 Å². The van der Waals surface area contributed by atoms with Gasteiger partial charge < -0.3 is 15.8 Å². The van der Waals surface area contributed by atoms with Gasteiger partial charge in [0, 0.05) is 12.4 Å². The van der Waals surface area contributed by atoms with Gasteiger partial charge >= 0.3 is 0 Å². The van der Waals surface area contributed by atoms with E-state index in [1.807, 2.05) is 43.3 Å². The fourth-order valence-electron chi connectivity index (χ4n) is 4.23. The smallest absolute Gasteiger partial charge is 0.242 e. The number of nitrogens with one attached hydrogen (secondary N) is 2. The average molecular weight is 411 g/mol. The minimum Gasteiger partial charge on any atom is -0.494 e. The molecule has 0 radical (unpaired) electrons.